The lowest BCUT2D eigenvalue weighted by molar-refractivity contribution is 1.07. The molecule has 0 radical (unpaired) electrons. The molecule has 0 spiro atoms. The Morgan fingerprint density at radius 2 is 0.500 bits per heavy atom. The van der Waals surface area contributed by atoms with Crippen LogP contribution in [-0.2, 0) is 0 Å². The molecule has 0 N–H and O–H groups in total. The van der Waals surface area contributed by atoms with E-state index in [2.05, 4.69) is 320 Å². The highest BCUT2D eigenvalue weighted by Gasteiger charge is 2.20. The lowest BCUT2D eigenvalue weighted by Crippen LogP contribution is -2.01. The van der Waals surface area contributed by atoms with Crippen molar-refractivity contribution in [2.24, 2.45) is 0 Å². The number of fused-ring (bicyclic) bond motifs is 6. The highest BCUT2D eigenvalue weighted by molar-refractivity contribution is 7.25. The van der Waals surface area contributed by atoms with Crippen LogP contribution in [0.4, 0.5) is 0 Å². The van der Waals surface area contributed by atoms with Crippen molar-refractivity contribution in [3.63, 3.8) is 0 Å². The molecule has 0 aliphatic heterocycles. The van der Waals surface area contributed by atoms with Gasteiger partial charge in [-0.3, -0.25) is 0 Å². The quantitative estimate of drug-likeness (QED) is 0.130. The molecule has 0 fully saturated rings. The fourth-order valence-corrected chi connectivity index (χ4v) is 13.4. The maximum Gasteiger partial charge on any atom is 0.164 e. The van der Waals surface area contributed by atoms with Crippen molar-refractivity contribution in [1.82, 2.24) is 19.5 Å². The van der Waals surface area contributed by atoms with Crippen LogP contribution in [0.1, 0.15) is 0 Å². The second-order valence-corrected chi connectivity index (χ2v) is 23.1. The van der Waals surface area contributed by atoms with Crippen LogP contribution in [0.15, 0.2) is 315 Å². The minimum atomic E-state index is 0.598. The van der Waals surface area contributed by atoms with Gasteiger partial charge in [-0.05, 0) is 181 Å². The summed E-state index contributed by atoms with van der Waals surface area (Å²) in [7, 11) is 0. The first-order chi connectivity index (χ1) is 42.6. The lowest BCUT2D eigenvalue weighted by atomic mass is 9.95. The largest absolute Gasteiger partial charge is 0.309 e. The van der Waals surface area contributed by atoms with Crippen LogP contribution in [0.2, 0.25) is 0 Å². The minimum Gasteiger partial charge on any atom is -0.309 e. The molecule has 0 aliphatic carbocycles. The second-order valence-electron chi connectivity index (χ2n) is 22.0. The van der Waals surface area contributed by atoms with Crippen LogP contribution < -0.4 is 0 Å². The Morgan fingerprint density at radius 1 is 0.198 bits per heavy atom. The Balaban J connectivity index is 0.848. The lowest BCUT2D eigenvalue weighted by Gasteiger charge is -2.14. The Kier molecular flexibility index (Phi) is 12.7. The first-order valence-corrected chi connectivity index (χ1v) is 29.9. The zero-order valence-electron chi connectivity index (χ0n) is 46.7. The maximum atomic E-state index is 5.46. The number of benzene rings is 13. The smallest absolute Gasteiger partial charge is 0.164 e. The van der Waals surface area contributed by atoms with E-state index in [1.54, 1.807) is 0 Å². The monoisotopic (exact) mass is 1110 g/mol. The highest BCUT2D eigenvalue weighted by Crippen LogP contribution is 2.43. The van der Waals surface area contributed by atoms with Crippen LogP contribution in [0.25, 0.3) is 160 Å². The average Bonchev–Trinajstić information content (AvgIpc) is 3.13. The van der Waals surface area contributed by atoms with Crippen molar-refractivity contribution in [2.75, 3.05) is 0 Å². The summed E-state index contributed by atoms with van der Waals surface area (Å²) in [5.41, 5.74) is 22.0. The first-order valence-electron chi connectivity index (χ1n) is 29.1. The Hall–Kier alpha value is -11.1. The summed E-state index contributed by atoms with van der Waals surface area (Å²) in [4.78, 5) is 16.4. The summed E-state index contributed by atoms with van der Waals surface area (Å²) >= 11 is 1.82. The van der Waals surface area contributed by atoms with Gasteiger partial charge in [0.1, 0.15) is 0 Å². The average molecular weight is 1110 g/mol. The summed E-state index contributed by atoms with van der Waals surface area (Å²) in [6.45, 7) is 0. The molecule has 0 saturated carbocycles. The standard InChI is InChI=1S/C81H52N4S/c1-7-21-53(22-8-1)62-41-63(54-23-9-2-10-24-54)45-68(44-62)80-82-79(83-81(84-80)69-46-64(55-25-11-3-12-26-55)42-65(47-69)56-27-13-4-14-28-56)61-37-40-78-74(52-61)73-51-60(36-39-77(73)86-78)59-35-38-76-72(50-59)71-33-19-20-34-75(71)85(76)70-48-66(57-29-15-5-16-30-57)43-67(49-70)58-31-17-6-18-32-58/h1-52H. The van der Waals surface area contributed by atoms with Crippen LogP contribution in [-0.4, -0.2) is 19.5 Å². The summed E-state index contributed by atoms with van der Waals surface area (Å²) in [5.74, 6) is 1.80. The molecule has 0 aliphatic rings. The van der Waals surface area contributed by atoms with Crippen LogP contribution >= 0.6 is 11.3 Å². The van der Waals surface area contributed by atoms with Crippen molar-refractivity contribution in [1.29, 1.82) is 0 Å². The van der Waals surface area contributed by atoms with Crippen molar-refractivity contribution < 1.29 is 0 Å². The van der Waals surface area contributed by atoms with E-state index in [-0.39, 0.29) is 0 Å². The molecule has 16 rings (SSSR count). The molecule has 4 nitrogen and oxygen atoms in total. The fourth-order valence-electron chi connectivity index (χ4n) is 12.3. The second kappa shape index (κ2) is 21.6. The van der Waals surface area contributed by atoms with E-state index in [1.165, 1.54) is 53.3 Å². The molecule has 16 aromatic rings. The zero-order chi connectivity index (χ0) is 56.9. The van der Waals surface area contributed by atoms with Gasteiger partial charge in [0, 0.05) is 53.3 Å². The predicted molar refractivity (Wildman–Crippen MR) is 361 cm³/mol. The number of hydrogen-bond donors (Lipinski definition) is 0. The van der Waals surface area contributed by atoms with Gasteiger partial charge in [-0.1, -0.05) is 212 Å². The van der Waals surface area contributed by atoms with Gasteiger partial charge in [0.15, 0.2) is 17.5 Å². The summed E-state index contributed by atoms with van der Waals surface area (Å²) in [6, 6.07) is 114. The topological polar surface area (TPSA) is 43.6 Å². The van der Waals surface area contributed by atoms with E-state index < -0.39 is 0 Å². The van der Waals surface area contributed by atoms with Gasteiger partial charge in [-0.2, -0.15) is 0 Å². The van der Waals surface area contributed by atoms with Gasteiger partial charge in [-0.15, -0.1) is 11.3 Å². The molecule has 0 atom stereocenters. The Bertz CT molecular complexity index is 4880. The van der Waals surface area contributed by atoms with Crippen LogP contribution in [0.3, 0.4) is 0 Å². The van der Waals surface area contributed by atoms with Gasteiger partial charge in [0.05, 0.1) is 11.0 Å². The molecule has 0 saturated heterocycles. The number of thiophene rings is 1. The maximum absolute atomic E-state index is 5.46. The first kappa shape index (κ1) is 50.6. The van der Waals surface area contributed by atoms with Gasteiger partial charge < -0.3 is 4.57 Å². The molecule has 86 heavy (non-hydrogen) atoms. The van der Waals surface area contributed by atoms with Crippen molar-refractivity contribution in [2.45, 2.75) is 0 Å². The summed E-state index contributed by atoms with van der Waals surface area (Å²) < 4.78 is 4.86. The molecule has 5 heteroatoms. The Labute approximate surface area is 503 Å². The minimum absolute atomic E-state index is 0.598. The third-order valence-electron chi connectivity index (χ3n) is 16.6. The van der Waals surface area contributed by atoms with Gasteiger partial charge in [-0.25, -0.2) is 15.0 Å². The van der Waals surface area contributed by atoms with Crippen molar-refractivity contribution >= 4 is 53.3 Å². The van der Waals surface area contributed by atoms with Gasteiger partial charge in [0.25, 0.3) is 0 Å². The molecule has 0 bridgehead atoms. The van der Waals surface area contributed by atoms with Crippen molar-refractivity contribution in [3.05, 3.63) is 315 Å². The molecule has 13 aromatic carbocycles. The summed E-state index contributed by atoms with van der Waals surface area (Å²) in [5, 5.41) is 4.77. The SMILES string of the molecule is c1ccc(-c2cc(-c3ccccc3)cc(-c3nc(-c4cc(-c5ccccc5)cc(-c5ccccc5)c4)nc(-c4ccc5sc6ccc(-c7ccc8c(c7)c7ccccc7n8-c7cc(-c8ccccc8)cc(-c8ccccc8)c7)cc6c5c4)n3)c2)cc1. The zero-order valence-corrected chi connectivity index (χ0v) is 47.5. The number of hydrogen-bond acceptors (Lipinski definition) is 4. The number of aromatic nitrogens is 4. The molecule has 0 unspecified atom stereocenters. The fraction of sp³-hybridized carbons (Fsp3) is 0. The molecule has 3 aromatic heterocycles. The van der Waals surface area contributed by atoms with E-state index in [4.69, 9.17) is 15.0 Å². The number of nitrogens with zero attached hydrogens (tertiary/aromatic N) is 4. The molecular formula is C81H52N4S. The van der Waals surface area contributed by atoms with Crippen molar-refractivity contribution in [3.8, 4) is 118 Å². The van der Waals surface area contributed by atoms with E-state index >= 15 is 0 Å². The van der Waals surface area contributed by atoms with Crippen LogP contribution in [0.5, 0.6) is 0 Å². The third kappa shape index (κ3) is 9.52. The van der Waals surface area contributed by atoms with Crippen LogP contribution in [0, 0.1) is 0 Å². The molecule has 3 heterocycles. The predicted octanol–water partition coefficient (Wildman–Crippen LogP) is 22.0. The molecular weight excluding hydrogens is 1060 g/mol. The highest BCUT2D eigenvalue weighted by atomic mass is 32.1. The number of para-hydroxylation sites is 1. The van der Waals surface area contributed by atoms with E-state index in [9.17, 15) is 0 Å². The van der Waals surface area contributed by atoms with E-state index in [1.807, 2.05) is 11.3 Å². The van der Waals surface area contributed by atoms with Gasteiger partial charge >= 0.3 is 0 Å². The van der Waals surface area contributed by atoms with E-state index in [0.717, 1.165) is 88.9 Å². The molecule has 0 amide bonds. The van der Waals surface area contributed by atoms with Gasteiger partial charge in [0.2, 0.25) is 0 Å². The molecule has 402 valence electrons. The summed E-state index contributed by atoms with van der Waals surface area (Å²) in [6.07, 6.45) is 0. The Morgan fingerprint density at radius 3 is 0.919 bits per heavy atom. The third-order valence-corrected chi connectivity index (χ3v) is 17.7. The number of rotatable bonds is 11. The van der Waals surface area contributed by atoms with E-state index in [0.29, 0.717) is 17.5 Å². The normalized spacial score (nSPS) is 11.5.